The molecule has 0 saturated carbocycles. The Labute approximate surface area is 125 Å². The molecule has 21 heavy (non-hydrogen) atoms. The summed E-state index contributed by atoms with van der Waals surface area (Å²) < 4.78 is 0. The molecule has 1 aromatic carbocycles. The minimum Gasteiger partial charge on any atom is -0.358 e. The van der Waals surface area contributed by atoms with E-state index in [9.17, 15) is 4.79 Å². The number of amides is 1. The topological polar surface area (TPSA) is 70.9 Å². The Hall–Kier alpha value is -1.81. The third-order valence-corrected chi connectivity index (χ3v) is 4.39. The second kappa shape index (κ2) is 5.90. The molecule has 0 spiro atoms. The number of H-pyrrole nitrogens is 1. The van der Waals surface area contributed by atoms with Gasteiger partial charge >= 0.3 is 0 Å². The molecular weight excluding hydrogens is 262 g/mol. The lowest BCUT2D eigenvalue weighted by atomic mass is 9.85. The Bertz CT molecular complexity index is 659. The molecule has 0 bridgehead atoms. The fraction of sp³-hybridized carbons (Fsp3) is 0.471. The minimum atomic E-state index is 0.0924. The van der Waals surface area contributed by atoms with E-state index in [2.05, 4.69) is 35.4 Å². The zero-order valence-electron chi connectivity index (χ0n) is 12.5. The van der Waals surface area contributed by atoms with Crippen LogP contribution in [0.4, 0.5) is 0 Å². The van der Waals surface area contributed by atoms with E-state index < -0.39 is 0 Å². The monoisotopic (exact) mass is 285 g/mol. The molecule has 4 heteroatoms. The van der Waals surface area contributed by atoms with Crippen molar-refractivity contribution in [1.82, 2.24) is 10.3 Å². The van der Waals surface area contributed by atoms with Gasteiger partial charge in [-0.05, 0) is 56.8 Å². The number of aromatic nitrogens is 1. The van der Waals surface area contributed by atoms with Crippen molar-refractivity contribution in [3.05, 3.63) is 35.0 Å². The lowest BCUT2D eigenvalue weighted by molar-refractivity contribution is -0.125. The van der Waals surface area contributed by atoms with E-state index in [1.165, 1.54) is 27.7 Å². The van der Waals surface area contributed by atoms with Crippen LogP contribution in [0.25, 0.3) is 10.9 Å². The molecule has 112 valence electrons. The maximum atomic E-state index is 12.2. The Morgan fingerprint density at radius 1 is 1.48 bits per heavy atom. The molecule has 1 aliphatic carbocycles. The summed E-state index contributed by atoms with van der Waals surface area (Å²) in [4.78, 5) is 15.8. The smallest absolute Gasteiger partial charge is 0.223 e. The van der Waals surface area contributed by atoms with Crippen molar-refractivity contribution in [3.8, 4) is 0 Å². The maximum Gasteiger partial charge on any atom is 0.223 e. The molecule has 4 N–H and O–H groups in total. The highest BCUT2D eigenvalue weighted by Gasteiger charge is 2.27. The number of nitrogens with one attached hydrogen (secondary N) is 2. The molecule has 4 nitrogen and oxygen atoms in total. The summed E-state index contributed by atoms with van der Waals surface area (Å²) in [5, 5.41) is 4.29. The van der Waals surface area contributed by atoms with Gasteiger partial charge in [-0.25, -0.2) is 0 Å². The summed E-state index contributed by atoms with van der Waals surface area (Å²) in [6.07, 6.45) is 3.56. The van der Waals surface area contributed by atoms with Crippen molar-refractivity contribution in [2.75, 3.05) is 13.1 Å². The van der Waals surface area contributed by atoms with E-state index in [4.69, 9.17) is 5.73 Å². The van der Waals surface area contributed by atoms with Gasteiger partial charge in [-0.2, -0.15) is 0 Å². The first-order valence-corrected chi connectivity index (χ1v) is 7.77. The Kier molecular flexibility index (Phi) is 3.97. The number of rotatable bonds is 4. The summed E-state index contributed by atoms with van der Waals surface area (Å²) in [5.41, 5.74) is 10.6. The van der Waals surface area contributed by atoms with Crippen LogP contribution >= 0.6 is 0 Å². The molecule has 0 aliphatic heterocycles. The highest BCUT2D eigenvalue weighted by Crippen LogP contribution is 2.32. The summed E-state index contributed by atoms with van der Waals surface area (Å²) in [6.45, 7) is 3.42. The van der Waals surface area contributed by atoms with Gasteiger partial charge in [0.1, 0.15) is 0 Å². The zero-order chi connectivity index (χ0) is 14.8. The molecule has 1 heterocycles. The van der Waals surface area contributed by atoms with E-state index in [0.717, 1.165) is 25.7 Å². The SMILES string of the molecule is Cc1ccc2[nH]c3c(c2c1)CC(C(=O)NCCCN)CC3. The predicted octanol–water partition coefficient (Wildman–Crippen LogP) is 2.05. The molecule has 1 amide bonds. The van der Waals surface area contributed by atoms with E-state index in [-0.39, 0.29) is 11.8 Å². The molecule has 0 fully saturated rings. The summed E-state index contributed by atoms with van der Waals surface area (Å²) >= 11 is 0. The average molecular weight is 285 g/mol. The lowest BCUT2D eigenvalue weighted by Crippen LogP contribution is -2.35. The quantitative estimate of drug-likeness (QED) is 0.752. The molecule has 2 aromatic rings. The number of hydrogen-bond acceptors (Lipinski definition) is 2. The highest BCUT2D eigenvalue weighted by atomic mass is 16.1. The Morgan fingerprint density at radius 2 is 2.33 bits per heavy atom. The average Bonchev–Trinajstić information content (AvgIpc) is 2.84. The molecule has 1 aliphatic rings. The lowest BCUT2D eigenvalue weighted by Gasteiger charge is -2.21. The van der Waals surface area contributed by atoms with Crippen LogP contribution < -0.4 is 11.1 Å². The van der Waals surface area contributed by atoms with E-state index >= 15 is 0 Å². The molecule has 0 saturated heterocycles. The van der Waals surface area contributed by atoms with Gasteiger partial charge in [-0.1, -0.05) is 11.6 Å². The van der Waals surface area contributed by atoms with Crippen molar-refractivity contribution < 1.29 is 4.79 Å². The predicted molar refractivity (Wildman–Crippen MR) is 85.2 cm³/mol. The fourth-order valence-corrected chi connectivity index (χ4v) is 3.21. The number of aryl methyl sites for hydroxylation is 2. The van der Waals surface area contributed by atoms with Crippen LogP contribution in [0, 0.1) is 12.8 Å². The number of carbonyl (C=O) groups is 1. The Morgan fingerprint density at radius 3 is 3.14 bits per heavy atom. The standard InChI is InChI=1S/C17H23N3O/c1-11-3-5-15-13(9-11)14-10-12(4-6-16(14)20-15)17(21)19-8-2-7-18/h3,5,9,12,20H,2,4,6-8,10,18H2,1H3,(H,19,21). The van der Waals surface area contributed by atoms with Crippen molar-refractivity contribution >= 4 is 16.8 Å². The first-order chi connectivity index (χ1) is 10.2. The molecule has 1 atom stereocenters. The second-order valence-corrected chi connectivity index (χ2v) is 6.00. The van der Waals surface area contributed by atoms with Crippen LogP contribution in [-0.4, -0.2) is 24.0 Å². The molecule has 1 unspecified atom stereocenters. The van der Waals surface area contributed by atoms with Crippen LogP contribution in [0.2, 0.25) is 0 Å². The van der Waals surface area contributed by atoms with Gasteiger partial charge in [0.15, 0.2) is 0 Å². The number of carbonyl (C=O) groups excluding carboxylic acids is 1. The maximum absolute atomic E-state index is 12.2. The minimum absolute atomic E-state index is 0.0924. The van der Waals surface area contributed by atoms with Crippen LogP contribution in [0.3, 0.4) is 0 Å². The van der Waals surface area contributed by atoms with Gasteiger partial charge in [0.2, 0.25) is 5.91 Å². The Balaban J connectivity index is 1.79. The largest absolute Gasteiger partial charge is 0.358 e. The third-order valence-electron chi connectivity index (χ3n) is 4.39. The fourth-order valence-electron chi connectivity index (χ4n) is 3.21. The number of aromatic amines is 1. The summed E-state index contributed by atoms with van der Waals surface area (Å²) in [5.74, 6) is 0.269. The number of hydrogen-bond donors (Lipinski definition) is 3. The van der Waals surface area contributed by atoms with Gasteiger partial charge in [0.05, 0.1) is 0 Å². The van der Waals surface area contributed by atoms with Crippen LogP contribution in [0.5, 0.6) is 0 Å². The van der Waals surface area contributed by atoms with Crippen molar-refractivity contribution in [1.29, 1.82) is 0 Å². The highest BCUT2D eigenvalue weighted by molar-refractivity contribution is 5.87. The van der Waals surface area contributed by atoms with Crippen LogP contribution in [-0.2, 0) is 17.6 Å². The van der Waals surface area contributed by atoms with E-state index in [1.54, 1.807) is 0 Å². The number of nitrogens with two attached hydrogens (primary N) is 1. The second-order valence-electron chi connectivity index (χ2n) is 6.00. The molecule has 0 radical (unpaired) electrons. The first-order valence-electron chi connectivity index (χ1n) is 7.77. The molecule has 3 rings (SSSR count). The summed E-state index contributed by atoms with van der Waals surface area (Å²) in [6, 6.07) is 6.49. The normalized spacial score (nSPS) is 17.7. The molecule has 1 aromatic heterocycles. The van der Waals surface area contributed by atoms with Crippen molar-refractivity contribution in [2.24, 2.45) is 11.7 Å². The first kappa shape index (κ1) is 14.1. The summed E-state index contributed by atoms with van der Waals surface area (Å²) in [7, 11) is 0. The third kappa shape index (κ3) is 2.81. The van der Waals surface area contributed by atoms with Gasteiger partial charge < -0.3 is 16.0 Å². The van der Waals surface area contributed by atoms with Crippen molar-refractivity contribution in [2.45, 2.75) is 32.6 Å². The number of fused-ring (bicyclic) bond motifs is 3. The van der Waals surface area contributed by atoms with Gasteiger partial charge in [0, 0.05) is 29.1 Å². The van der Waals surface area contributed by atoms with E-state index in [1.807, 2.05) is 0 Å². The molecular formula is C17H23N3O. The van der Waals surface area contributed by atoms with Gasteiger partial charge in [-0.15, -0.1) is 0 Å². The van der Waals surface area contributed by atoms with Gasteiger partial charge in [-0.3, -0.25) is 4.79 Å². The number of benzene rings is 1. The van der Waals surface area contributed by atoms with Crippen LogP contribution in [0.1, 0.15) is 29.7 Å². The van der Waals surface area contributed by atoms with Crippen molar-refractivity contribution in [3.63, 3.8) is 0 Å². The van der Waals surface area contributed by atoms with E-state index in [0.29, 0.717) is 13.1 Å². The van der Waals surface area contributed by atoms with Crippen LogP contribution in [0.15, 0.2) is 18.2 Å². The zero-order valence-corrected chi connectivity index (χ0v) is 12.5. The van der Waals surface area contributed by atoms with Gasteiger partial charge in [0.25, 0.3) is 0 Å².